The Morgan fingerprint density at radius 3 is 2.42 bits per heavy atom. The van der Waals surface area contributed by atoms with Crippen LogP contribution < -0.4 is 5.32 Å². The maximum atomic E-state index is 4.58. The van der Waals surface area contributed by atoms with E-state index in [0.29, 0.717) is 0 Å². The number of benzene rings is 1. The summed E-state index contributed by atoms with van der Waals surface area (Å²) in [5.41, 5.74) is 3.86. The van der Waals surface area contributed by atoms with Crippen LogP contribution in [-0.4, -0.2) is 9.78 Å². The van der Waals surface area contributed by atoms with Crippen molar-refractivity contribution in [3.05, 3.63) is 53.3 Å². The second kappa shape index (κ2) is 5.57. The molecule has 3 nitrogen and oxygen atoms in total. The number of nitrogens with one attached hydrogen (secondary N) is 1. The second-order valence-electron chi connectivity index (χ2n) is 6.02. The average Bonchev–Trinajstić information content (AvgIpc) is 2.72. The van der Waals surface area contributed by atoms with E-state index in [1.54, 1.807) is 0 Å². The zero-order valence-corrected chi connectivity index (χ0v) is 12.3. The van der Waals surface area contributed by atoms with Gasteiger partial charge in [-0.05, 0) is 5.56 Å². The Balaban J connectivity index is 2.00. The van der Waals surface area contributed by atoms with Crippen molar-refractivity contribution in [3.8, 4) is 0 Å². The van der Waals surface area contributed by atoms with Gasteiger partial charge in [0.1, 0.15) is 0 Å². The van der Waals surface area contributed by atoms with Crippen LogP contribution in [0.15, 0.2) is 36.5 Å². The van der Waals surface area contributed by atoms with Crippen molar-refractivity contribution in [2.24, 2.45) is 7.05 Å². The summed E-state index contributed by atoms with van der Waals surface area (Å²) in [6.07, 6.45) is 2.11. The van der Waals surface area contributed by atoms with Crippen LogP contribution in [0.4, 0.5) is 0 Å². The molecule has 1 N–H and O–H groups in total. The number of hydrogen-bond donors (Lipinski definition) is 1. The molecule has 0 saturated heterocycles. The SMILES string of the molecule is Cn1cc(CNCc2ccccc2)c(C(C)(C)C)n1. The Labute approximate surface area is 115 Å². The van der Waals surface area contributed by atoms with Gasteiger partial charge in [0.25, 0.3) is 0 Å². The van der Waals surface area contributed by atoms with Crippen molar-refractivity contribution < 1.29 is 0 Å². The molecule has 0 amide bonds. The standard InChI is InChI=1S/C16H23N3/c1-16(2,3)15-14(12-19(4)18-15)11-17-10-13-8-6-5-7-9-13/h5-9,12,17H,10-11H2,1-4H3. The molecule has 3 heteroatoms. The summed E-state index contributed by atoms with van der Waals surface area (Å²) >= 11 is 0. The molecule has 2 rings (SSSR count). The van der Waals surface area contributed by atoms with Crippen molar-refractivity contribution in [1.29, 1.82) is 0 Å². The van der Waals surface area contributed by atoms with Crippen molar-refractivity contribution in [2.45, 2.75) is 39.3 Å². The Morgan fingerprint density at radius 1 is 1.11 bits per heavy atom. The van der Waals surface area contributed by atoms with E-state index in [4.69, 9.17) is 0 Å². The topological polar surface area (TPSA) is 29.9 Å². The number of aryl methyl sites for hydroxylation is 1. The predicted octanol–water partition coefficient (Wildman–Crippen LogP) is 3.01. The van der Waals surface area contributed by atoms with Gasteiger partial charge in [-0.1, -0.05) is 51.1 Å². The van der Waals surface area contributed by atoms with Crippen LogP contribution >= 0.6 is 0 Å². The lowest BCUT2D eigenvalue weighted by molar-refractivity contribution is 0.543. The molecule has 0 spiro atoms. The number of rotatable bonds is 4. The Kier molecular flexibility index (Phi) is 4.05. The van der Waals surface area contributed by atoms with Crippen LogP contribution in [0.25, 0.3) is 0 Å². The lowest BCUT2D eigenvalue weighted by atomic mass is 9.89. The van der Waals surface area contributed by atoms with Gasteiger partial charge < -0.3 is 5.32 Å². The van der Waals surface area contributed by atoms with Crippen molar-refractivity contribution >= 4 is 0 Å². The molecular formula is C16H23N3. The molecule has 0 unspecified atom stereocenters. The first-order chi connectivity index (χ1) is 8.97. The van der Waals surface area contributed by atoms with E-state index < -0.39 is 0 Å². The fourth-order valence-corrected chi connectivity index (χ4v) is 2.24. The summed E-state index contributed by atoms with van der Waals surface area (Å²) in [6, 6.07) is 10.5. The quantitative estimate of drug-likeness (QED) is 0.912. The fourth-order valence-electron chi connectivity index (χ4n) is 2.24. The van der Waals surface area contributed by atoms with E-state index in [2.05, 4.69) is 61.6 Å². The van der Waals surface area contributed by atoms with Gasteiger partial charge in [-0.15, -0.1) is 0 Å². The Morgan fingerprint density at radius 2 is 1.79 bits per heavy atom. The number of aromatic nitrogens is 2. The van der Waals surface area contributed by atoms with Crippen LogP contribution in [0, 0.1) is 0 Å². The van der Waals surface area contributed by atoms with E-state index in [1.807, 2.05) is 17.8 Å². The van der Waals surface area contributed by atoms with Crippen LogP contribution in [-0.2, 0) is 25.6 Å². The minimum atomic E-state index is 0.0883. The molecule has 0 aliphatic rings. The zero-order chi connectivity index (χ0) is 13.9. The number of nitrogens with zero attached hydrogens (tertiary/aromatic N) is 2. The zero-order valence-electron chi connectivity index (χ0n) is 12.3. The third-order valence-electron chi connectivity index (χ3n) is 3.10. The lowest BCUT2D eigenvalue weighted by Gasteiger charge is -2.17. The predicted molar refractivity (Wildman–Crippen MR) is 78.9 cm³/mol. The van der Waals surface area contributed by atoms with Gasteiger partial charge in [-0.25, -0.2) is 0 Å². The molecule has 1 aromatic carbocycles. The van der Waals surface area contributed by atoms with Gasteiger partial charge in [0.15, 0.2) is 0 Å². The molecule has 0 saturated carbocycles. The Bertz CT molecular complexity index is 521. The molecule has 0 aliphatic carbocycles. The molecule has 0 fully saturated rings. The van der Waals surface area contributed by atoms with Crippen molar-refractivity contribution in [2.75, 3.05) is 0 Å². The first kappa shape index (κ1) is 13.8. The summed E-state index contributed by atoms with van der Waals surface area (Å²) in [5.74, 6) is 0. The average molecular weight is 257 g/mol. The van der Waals surface area contributed by atoms with Gasteiger partial charge in [0, 0.05) is 37.3 Å². The third kappa shape index (κ3) is 3.67. The molecule has 0 atom stereocenters. The van der Waals surface area contributed by atoms with E-state index >= 15 is 0 Å². The van der Waals surface area contributed by atoms with Gasteiger partial charge in [-0.2, -0.15) is 5.10 Å². The molecule has 1 aromatic heterocycles. The summed E-state index contributed by atoms with van der Waals surface area (Å²) in [7, 11) is 1.98. The van der Waals surface area contributed by atoms with Crippen molar-refractivity contribution in [1.82, 2.24) is 15.1 Å². The molecule has 102 valence electrons. The second-order valence-corrected chi connectivity index (χ2v) is 6.02. The highest BCUT2D eigenvalue weighted by atomic mass is 15.3. The normalized spacial score (nSPS) is 11.8. The van der Waals surface area contributed by atoms with Gasteiger partial charge >= 0.3 is 0 Å². The smallest absolute Gasteiger partial charge is 0.0722 e. The molecule has 0 radical (unpaired) electrons. The summed E-state index contributed by atoms with van der Waals surface area (Å²) in [5, 5.41) is 8.07. The van der Waals surface area contributed by atoms with E-state index in [-0.39, 0.29) is 5.41 Å². The fraction of sp³-hybridized carbons (Fsp3) is 0.438. The first-order valence-corrected chi connectivity index (χ1v) is 6.74. The molecule has 19 heavy (non-hydrogen) atoms. The summed E-state index contributed by atoms with van der Waals surface area (Å²) in [6.45, 7) is 8.36. The highest BCUT2D eigenvalue weighted by Gasteiger charge is 2.21. The maximum absolute atomic E-state index is 4.58. The highest BCUT2D eigenvalue weighted by molar-refractivity contribution is 5.24. The van der Waals surface area contributed by atoms with Crippen LogP contribution in [0.1, 0.15) is 37.6 Å². The van der Waals surface area contributed by atoms with E-state index in [9.17, 15) is 0 Å². The summed E-state index contributed by atoms with van der Waals surface area (Å²) < 4.78 is 1.90. The van der Waals surface area contributed by atoms with Crippen LogP contribution in [0.5, 0.6) is 0 Å². The highest BCUT2D eigenvalue weighted by Crippen LogP contribution is 2.23. The minimum absolute atomic E-state index is 0.0883. The molecule has 0 aliphatic heterocycles. The van der Waals surface area contributed by atoms with Gasteiger partial charge in [-0.3, -0.25) is 4.68 Å². The van der Waals surface area contributed by atoms with E-state index in [1.165, 1.54) is 16.8 Å². The van der Waals surface area contributed by atoms with Crippen LogP contribution in [0.3, 0.4) is 0 Å². The molecule has 0 bridgehead atoms. The van der Waals surface area contributed by atoms with Gasteiger partial charge in [0.2, 0.25) is 0 Å². The first-order valence-electron chi connectivity index (χ1n) is 6.74. The van der Waals surface area contributed by atoms with E-state index in [0.717, 1.165) is 13.1 Å². The van der Waals surface area contributed by atoms with Crippen LogP contribution in [0.2, 0.25) is 0 Å². The molecule has 1 heterocycles. The van der Waals surface area contributed by atoms with Crippen molar-refractivity contribution in [3.63, 3.8) is 0 Å². The molecular weight excluding hydrogens is 234 g/mol. The Hall–Kier alpha value is -1.61. The maximum Gasteiger partial charge on any atom is 0.0722 e. The monoisotopic (exact) mass is 257 g/mol. The number of hydrogen-bond acceptors (Lipinski definition) is 2. The minimum Gasteiger partial charge on any atom is -0.308 e. The summed E-state index contributed by atoms with van der Waals surface area (Å²) in [4.78, 5) is 0. The lowest BCUT2D eigenvalue weighted by Crippen LogP contribution is -2.19. The largest absolute Gasteiger partial charge is 0.308 e. The third-order valence-corrected chi connectivity index (χ3v) is 3.10. The van der Waals surface area contributed by atoms with Gasteiger partial charge in [0.05, 0.1) is 5.69 Å². The molecule has 2 aromatic rings.